The summed E-state index contributed by atoms with van der Waals surface area (Å²) in [6.07, 6.45) is 8.37. The number of guanidine groups is 1. The van der Waals surface area contributed by atoms with Crippen LogP contribution in [0.15, 0.2) is 4.99 Å². The number of likely N-dealkylation sites (tertiary alicyclic amines) is 1. The molecule has 3 saturated heterocycles. The molecule has 0 radical (unpaired) electrons. The Balaban J connectivity index is 1.29. The van der Waals surface area contributed by atoms with Crippen molar-refractivity contribution in [3.63, 3.8) is 0 Å². The molecule has 29 heavy (non-hydrogen) atoms. The van der Waals surface area contributed by atoms with E-state index in [-0.39, 0.29) is 0 Å². The van der Waals surface area contributed by atoms with Gasteiger partial charge >= 0.3 is 0 Å². The molecule has 0 aromatic rings. The van der Waals surface area contributed by atoms with Crippen molar-refractivity contribution in [3.05, 3.63) is 0 Å². The standard InChI is InChI=1S/C22H41N3O4/c1-2-23-22(24-10-4-13-27-17-19-8-15-26-16-9-19)25-11-6-20(7-12-25)29-18-21-5-3-14-28-21/h19-21H,2-18H2,1H3,(H,23,24). The van der Waals surface area contributed by atoms with E-state index >= 15 is 0 Å². The summed E-state index contributed by atoms with van der Waals surface area (Å²) in [4.78, 5) is 7.20. The molecule has 3 aliphatic rings. The number of nitrogens with zero attached hydrogens (tertiary/aromatic N) is 2. The monoisotopic (exact) mass is 411 g/mol. The molecule has 3 heterocycles. The van der Waals surface area contributed by atoms with Crippen LogP contribution in [0.3, 0.4) is 0 Å². The van der Waals surface area contributed by atoms with E-state index in [0.29, 0.717) is 18.1 Å². The zero-order chi connectivity index (χ0) is 20.2. The van der Waals surface area contributed by atoms with Crippen LogP contribution in [0.1, 0.15) is 51.9 Å². The van der Waals surface area contributed by atoms with Crippen LogP contribution in [0.2, 0.25) is 0 Å². The van der Waals surface area contributed by atoms with Crippen LogP contribution in [0.4, 0.5) is 0 Å². The fourth-order valence-corrected chi connectivity index (χ4v) is 4.19. The van der Waals surface area contributed by atoms with Gasteiger partial charge in [0.1, 0.15) is 0 Å². The second-order valence-electron chi connectivity index (χ2n) is 8.37. The first-order valence-electron chi connectivity index (χ1n) is 11.8. The summed E-state index contributed by atoms with van der Waals surface area (Å²) in [5.74, 6) is 1.71. The molecule has 168 valence electrons. The van der Waals surface area contributed by atoms with Gasteiger partial charge in [0.15, 0.2) is 5.96 Å². The normalized spacial score (nSPS) is 24.9. The molecule has 0 spiro atoms. The Labute approximate surface area is 176 Å². The lowest BCUT2D eigenvalue weighted by Crippen LogP contribution is -2.47. The number of piperidine rings is 1. The summed E-state index contributed by atoms with van der Waals surface area (Å²) < 4.78 is 23.0. The van der Waals surface area contributed by atoms with E-state index in [9.17, 15) is 0 Å². The topological polar surface area (TPSA) is 64.6 Å². The fourth-order valence-electron chi connectivity index (χ4n) is 4.19. The Morgan fingerprint density at radius 1 is 1.07 bits per heavy atom. The van der Waals surface area contributed by atoms with Crippen LogP contribution in [-0.2, 0) is 18.9 Å². The van der Waals surface area contributed by atoms with Gasteiger partial charge in [-0.15, -0.1) is 0 Å². The van der Waals surface area contributed by atoms with Gasteiger partial charge < -0.3 is 29.2 Å². The van der Waals surface area contributed by atoms with E-state index in [0.717, 1.165) is 110 Å². The summed E-state index contributed by atoms with van der Waals surface area (Å²) in [6.45, 7) is 10.9. The number of rotatable bonds is 10. The highest BCUT2D eigenvalue weighted by molar-refractivity contribution is 5.80. The van der Waals surface area contributed by atoms with E-state index in [4.69, 9.17) is 23.9 Å². The lowest BCUT2D eigenvalue weighted by Gasteiger charge is -2.34. The highest BCUT2D eigenvalue weighted by Gasteiger charge is 2.24. The van der Waals surface area contributed by atoms with Crippen molar-refractivity contribution in [2.75, 3.05) is 65.8 Å². The van der Waals surface area contributed by atoms with Crippen molar-refractivity contribution >= 4 is 5.96 Å². The Morgan fingerprint density at radius 2 is 1.90 bits per heavy atom. The number of aliphatic imine (C=N–C) groups is 1. The minimum atomic E-state index is 0.320. The van der Waals surface area contributed by atoms with Crippen LogP contribution >= 0.6 is 0 Å². The van der Waals surface area contributed by atoms with Gasteiger partial charge in [0.05, 0.1) is 18.8 Å². The van der Waals surface area contributed by atoms with Gasteiger partial charge in [0, 0.05) is 59.2 Å². The Kier molecular flexibility index (Phi) is 10.5. The third-order valence-electron chi connectivity index (χ3n) is 6.02. The second-order valence-corrected chi connectivity index (χ2v) is 8.37. The maximum Gasteiger partial charge on any atom is 0.193 e. The van der Waals surface area contributed by atoms with E-state index in [1.165, 1.54) is 6.42 Å². The predicted octanol–water partition coefficient (Wildman–Crippen LogP) is 2.45. The third kappa shape index (κ3) is 8.40. The van der Waals surface area contributed by atoms with Gasteiger partial charge in [-0.2, -0.15) is 0 Å². The van der Waals surface area contributed by atoms with Gasteiger partial charge in [-0.05, 0) is 57.8 Å². The number of hydrogen-bond donors (Lipinski definition) is 1. The Morgan fingerprint density at radius 3 is 2.62 bits per heavy atom. The first-order valence-corrected chi connectivity index (χ1v) is 11.8. The Hall–Kier alpha value is -0.890. The number of hydrogen-bond acceptors (Lipinski definition) is 5. The maximum atomic E-state index is 6.09. The van der Waals surface area contributed by atoms with Gasteiger partial charge in [-0.3, -0.25) is 4.99 Å². The minimum Gasteiger partial charge on any atom is -0.381 e. The van der Waals surface area contributed by atoms with E-state index < -0.39 is 0 Å². The average Bonchev–Trinajstić information content (AvgIpc) is 3.29. The Bertz CT molecular complexity index is 457. The van der Waals surface area contributed by atoms with Gasteiger partial charge in [-0.25, -0.2) is 0 Å². The predicted molar refractivity (Wildman–Crippen MR) is 114 cm³/mol. The van der Waals surface area contributed by atoms with Gasteiger partial charge in [0.25, 0.3) is 0 Å². The lowest BCUT2D eigenvalue weighted by atomic mass is 10.0. The van der Waals surface area contributed by atoms with Gasteiger partial charge in [-0.1, -0.05) is 0 Å². The summed E-state index contributed by atoms with van der Waals surface area (Å²) in [5.41, 5.74) is 0. The molecule has 3 rings (SSSR count). The van der Waals surface area contributed by atoms with Crippen LogP contribution in [0.5, 0.6) is 0 Å². The summed E-state index contributed by atoms with van der Waals surface area (Å²) >= 11 is 0. The van der Waals surface area contributed by atoms with Crippen LogP contribution in [0.25, 0.3) is 0 Å². The second kappa shape index (κ2) is 13.4. The maximum absolute atomic E-state index is 6.09. The van der Waals surface area contributed by atoms with E-state index in [2.05, 4.69) is 17.1 Å². The number of ether oxygens (including phenoxy) is 4. The molecule has 0 aromatic carbocycles. The van der Waals surface area contributed by atoms with Crippen LogP contribution in [0, 0.1) is 5.92 Å². The molecular formula is C22H41N3O4. The van der Waals surface area contributed by atoms with Crippen molar-refractivity contribution in [2.24, 2.45) is 10.9 Å². The van der Waals surface area contributed by atoms with E-state index in [1.54, 1.807) is 0 Å². The van der Waals surface area contributed by atoms with Crippen molar-refractivity contribution in [2.45, 2.75) is 64.1 Å². The molecule has 1 N–H and O–H groups in total. The zero-order valence-corrected chi connectivity index (χ0v) is 18.3. The molecule has 1 atom stereocenters. The molecule has 0 aliphatic carbocycles. The smallest absolute Gasteiger partial charge is 0.193 e. The van der Waals surface area contributed by atoms with Crippen molar-refractivity contribution in [1.82, 2.24) is 10.2 Å². The average molecular weight is 412 g/mol. The molecule has 0 aromatic heterocycles. The van der Waals surface area contributed by atoms with E-state index in [1.807, 2.05) is 0 Å². The molecule has 0 amide bonds. The first kappa shape index (κ1) is 22.8. The zero-order valence-electron chi connectivity index (χ0n) is 18.3. The van der Waals surface area contributed by atoms with Gasteiger partial charge in [0.2, 0.25) is 0 Å². The third-order valence-corrected chi connectivity index (χ3v) is 6.02. The molecular weight excluding hydrogens is 370 g/mol. The quantitative estimate of drug-likeness (QED) is 0.338. The van der Waals surface area contributed by atoms with Crippen molar-refractivity contribution < 1.29 is 18.9 Å². The van der Waals surface area contributed by atoms with Crippen molar-refractivity contribution in [1.29, 1.82) is 0 Å². The molecule has 0 bridgehead atoms. The summed E-state index contributed by atoms with van der Waals surface area (Å²) in [7, 11) is 0. The molecule has 7 nitrogen and oxygen atoms in total. The SMILES string of the molecule is CCNC(=NCCCOCC1CCOCC1)N1CCC(OCC2CCCO2)CC1. The molecule has 7 heteroatoms. The summed E-state index contributed by atoms with van der Waals surface area (Å²) in [5, 5.41) is 3.45. The van der Waals surface area contributed by atoms with Crippen LogP contribution < -0.4 is 5.32 Å². The fraction of sp³-hybridized carbons (Fsp3) is 0.955. The molecule has 0 saturated carbocycles. The molecule has 3 aliphatic heterocycles. The lowest BCUT2D eigenvalue weighted by molar-refractivity contribution is -0.0367. The highest BCUT2D eigenvalue weighted by atomic mass is 16.5. The summed E-state index contributed by atoms with van der Waals surface area (Å²) in [6, 6.07) is 0. The van der Waals surface area contributed by atoms with Crippen LogP contribution in [-0.4, -0.2) is 88.9 Å². The highest BCUT2D eigenvalue weighted by Crippen LogP contribution is 2.18. The minimum absolute atomic E-state index is 0.320. The molecule has 1 unspecified atom stereocenters. The first-order chi connectivity index (χ1) is 14.3. The largest absolute Gasteiger partial charge is 0.381 e. The number of nitrogens with one attached hydrogen (secondary N) is 1. The molecule has 3 fully saturated rings. The van der Waals surface area contributed by atoms with Crippen molar-refractivity contribution in [3.8, 4) is 0 Å².